The normalized spacial score (nSPS) is 15.6. The molecule has 1 N–H and O–H groups in total. The Morgan fingerprint density at radius 1 is 1.44 bits per heavy atom. The summed E-state index contributed by atoms with van der Waals surface area (Å²) in [6, 6.07) is 0. The number of allylic oxidation sites excluding steroid dienone is 2. The van der Waals surface area contributed by atoms with Crippen molar-refractivity contribution in [3.05, 3.63) is 34.2 Å². The first-order valence-electron chi connectivity index (χ1n) is 4.71. The second-order valence-corrected chi connectivity index (χ2v) is 4.04. The molecule has 0 spiro atoms. The zero-order valence-electron chi connectivity index (χ0n) is 8.57. The van der Waals surface area contributed by atoms with Crippen molar-refractivity contribution in [3.63, 3.8) is 0 Å². The van der Waals surface area contributed by atoms with E-state index in [0.717, 1.165) is 0 Å². The molecule has 0 saturated heterocycles. The molecule has 0 radical (unpaired) electrons. The Kier molecular flexibility index (Phi) is 3.36. The molecule has 0 amide bonds. The minimum absolute atomic E-state index is 0.522. The lowest BCUT2D eigenvalue weighted by Crippen LogP contribution is -2.37. The van der Waals surface area contributed by atoms with Crippen LogP contribution in [-0.2, 0) is 6.42 Å². The minimum Gasteiger partial charge on any atom is -0.340 e. The van der Waals surface area contributed by atoms with E-state index < -0.39 is 0 Å². The quantitative estimate of drug-likeness (QED) is 0.842. The molecule has 16 heavy (non-hydrogen) atoms. The SMILES string of the molecule is Cc1nc(CCN2NC(Cl)=CC=C2Cl)no1. The van der Waals surface area contributed by atoms with Crippen LogP contribution in [0.4, 0.5) is 0 Å². The zero-order chi connectivity index (χ0) is 11.5. The maximum absolute atomic E-state index is 5.98. The van der Waals surface area contributed by atoms with Gasteiger partial charge < -0.3 is 4.52 Å². The maximum Gasteiger partial charge on any atom is 0.223 e. The van der Waals surface area contributed by atoms with Gasteiger partial charge in [-0.25, -0.2) is 0 Å². The van der Waals surface area contributed by atoms with Gasteiger partial charge in [-0.05, 0) is 12.2 Å². The smallest absolute Gasteiger partial charge is 0.223 e. The van der Waals surface area contributed by atoms with Crippen molar-refractivity contribution >= 4 is 23.2 Å². The summed E-state index contributed by atoms with van der Waals surface area (Å²) in [4.78, 5) is 4.10. The first kappa shape index (κ1) is 11.3. The number of nitrogens with one attached hydrogen (secondary N) is 1. The fourth-order valence-electron chi connectivity index (χ4n) is 1.27. The van der Waals surface area contributed by atoms with E-state index >= 15 is 0 Å². The van der Waals surface area contributed by atoms with Gasteiger partial charge in [-0.15, -0.1) is 0 Å². The molecule has 1 aromatic rings. The van der Waals surface area contributed by atoms with Gasteiger partial charge in [0.05, 0.1) is 0 Å². The molecule has 0 aromatic carbocycles. The topological polar surface area (TPSA) is 54.2 Å². The molecule has 2 heterocycles. The molecule has 1 aliphatic heterocycles. The van der Waals surface area contributed by atoms with Gasteiger partial charge in [0.2, 0.25) is 5.89 Å². The molecule has 0 saturated carbocycles. The van der Waals surface area contributed by atoms with Crippen molar-refractivity contribution in [3.8, 4) is 0 Å². The van der Waals surface area contributed by atoms with Crippen LogP contribution in [0.1, 0.15) is 11.7 Å². The molecule has 5 nitrogen and oxygen atoms in total. The number of halogens is 2. The lowest BCUT2D eigenvalue weighted by Gasteiger charge is -2.26. The Morgan fingerprint density at radius 2 is 2.25 bits per heavy atom. The number of hydrogen-bond acceptors (Lipinski definition) is 5. The van der Waals surface area contributed by atoms with Crippen LogP contribution >= 0.6 is 23.2 Å². The van der Waals surface area contributed by atoms with Crippen molar-refractivity contribution in [2.75, 3.05) is 6.54 Å². The molecule has 86 valence electrons. The van der Waals surface area contributed by atoms with E-state index in [-0.39, 0.29) is 0 Å². The number of aryl methyl sites for hydroxylation is 1. The van der Waals surface area contributed by atoms with Crippen LogP contribution in [0.5, 0.6) is 0 Å². The molecule has 0 aliphatic carbocycles. The summed E-state index contributed by atoms with van der Waals surface area (Å²) in [6.07, 6.45) is 4.04. The average molecular weight is 261 g/mol. The second kappa shape index (κ2) is 4.76. The van der Waals surface area contributed by atoms with Gasteiger partial charge in [0.1, 0.15) is 10.3 Å². The number of hydrogen-bond donors (Lipinski definition) is 1. The van der Waals surface area contributed by atoms with Gasteiger partial charge in [0.25, 0.3) is 0 Å². The van der Waals surface area contributed by atoms with E-state index in [1.807, 2.05) is 0 Å². The van der Waals surface area contributed by atoms with Crippen LogP contribution in [0.25, 0.3) is 0 Å². The molecule has 0 unspecified atom stereocenters. The van der Waals surface area contributed by atoms with Crippen LogP contribution in [0, 0.1) is 6.92 Å². The van der Waals surface area contributed by atoms with Crippen molar-refractivity contribution in [1.29, 1.82) is 0 Å². The minimum atomic E-state index is 0.522. The van der Waals surface area contributed by atoms with Gasteiger partial charge >= 0.3 is 0 Å². The Morgan fingerprint density at radius 3 is 2.94 bits per heavy atom. The summed E-state index contributed by atoms with van der Waals surface area (Å²) >= 11 is 11.8. The van der Waals surface area contributed by atoms with E-state index in [9.17, 15) is 0 Å². The van der Waals surface area contributed by atoms with Gasteiger partial charge in [0, 0.05) is 19.9 Å². The Hall–Kier alpha value is -1.20. The first-order valence-corrected chi connectivity index (χ1v) is 5.47. The summed E-state index contributed by atoms with van der Waals surface area (Å²) in [6.45, 7) is 2.36. The third kappa shape index (κ3) is 2.68. The number of aromatic nitrogens is 2. The zero-order valence-corrected chi connectivity index (χ0v) is 10.1. The Labute approximate surface area is 103 Å². The fourth-order valence-corrected chi connectivity index (χ4v) is 1.62. The standard InChI is InChI=1S/C9H10Cl2N4O/c1-6-12-9(14-16-6)4-5-15-8(11)3-2-7(10)13-15/h2-3,13H,4-5H2,1H3. The van der Waals surface area contributed by atoms with E-state index in [1.54, 1.807) is 24.1 Å². The van der Waals surface area contributed by atoms with Crippen LogP contribution in [0.2, 0.25) is 0 Å². The van der Waals surface area contributed by atoms with Gasteiger partial charge in [-0.3, -0.25) is 10.4 Å². The van der Waals surface area contributed by atoms with E-state index in [4.69, 9.17) is 27.7 Å². The number of rotatable bonds is 3. The third-order valence-corrected chi connectivity index (χ3v) is 2.54. The van der Waals surface area contributed by atoms with Crippen LogP contribution < -0.4 is 5.43 Å². The molecular formula is C9H10Cl2N4O. The summed E-state index contributed by atoms with van der Waals surface area (Å²) < 4.78 is 4.87. The highest BCUT2D eigenvalue weighted by Gasteiger charge is 2.13. The summed E-state index contributed by atoms with van der Waals surface area (Å²) in [5.74, 6) is 1.20. The van der Waals surface area contributed by atoms with Gasteiger partial charge in [-0.1, -0.05) is 28.4 Å². The summed E-state index contributed by atoms with van der Waals surface area (Å²) in [7, 11) is 0. The van der Waals surface area contributed by atoms with Crippen molar-refractivity contribution in [2.24, 2.45) is 0 Å². The van der Waals surface area contributed by atoms with Crippen LogP contribution in [0.15, 0.2) is 27.0 Å². The number of hydrazine groups is 1. The lowest BCUT2D eigenvalue weighted by atomic mass is 10.4. The molecule has 0 atom stereocenters. The highest BCUT2D eigenvalue weighted by Crippen LogP contribution is 2.15. The second-order valence-electron chi connectivity index (χ2n) is 3.25. The predicted octanol–water partition coefficient (Wildman–Crippen LogP) is 1.90. The van der Waals surface area contributed by atoms with E-state index in [0.29, 0.717) is 35.0 Å². The van der Waals surface area contributed by atoms with Crippen molar-refractivity contribution in [2.45, 2.75) is 13.3 Å². The van der Waals surface area contributed by atoms with Crippen LogP contribution in [0.3, 0.4) is 0 Å². The molecule has 1 aliphatic rings. The molecular weight excluding hydrogens is 251 g/mol. The fraction of sp³-hybridized carbons (Fsp3) is 0.333. The molecule has 2 rings (SSSR count). The highest BCUT2D eigenvalue weighted by atomic mass is 35.5. The maximum atomic E-state index is 5.98. The first-order chi connectivity index (χ1) is 7.65. The highest BCUT2D eigenvalue weighted by molar-refractivity contribution is 6.31. The lowest BCUT2D eigenvalue weighted by molar-refractivity contribution is 0.296. The van der Waals surface area contributed by atoms with Crippen molar-refractivity contribution < 1.29 is 4.52 Å². The summed E-state index contributed by atoms with van der Waals surface area (Å²) in [5.41, 5.74) is 2.92. The summed E-state index contributed by atoms with van der Waals surface area (Å²) in [5, 5.41) is 6.61. The predicted molar refractivity (Wildman–Crippen MR) is 60.5 cm³/mol. The molecule has 1 aromatic heterocycles. The van der Waals surface area contributed by atoms with E-state index in [2.05, 4.69) is 15.6 Å². The van der Waals surface area contributed by atoms with Gasteiger partial charge in [-0.2, -0.15) is 4.98 Å². The van der Waals surface area contributed by atoms with Gasteiger partial charge in [0.15, 0.2) is 5.82 Å². The van der Waals surface area contributed by atoms with Crippen LogP contribution in [-0.4, -0.2) is 21.7 Å². The third-order valence-electron chi connectivity index (χ3n) is 2.00. The Balaban J connectivity index is 1.92. The Bertz CT molecular complexity index is 440. The average Bonchev–Trinajstić information content (AvgIpc) is 2.66. The van der Waals surface area contributed by atoms with Crippen molar-refractivity contribution in [1.82, 2.24) is 20.6 Å². The molecule has 0 bridgehead atoms. The molecule has 7 heteroatoms. The number of nitrogens with zero attached hydrogens (tertiary/aromatic N) is 3. The van der Waals surface area contributed by atoms with E-state index in [1.165, 1.54) is 0 Å². The molecule has 0 fully saturated rings. The monoisotopic (exact) mass is 260 g/mol. The largest absolute Gasteiger partial charge is 0.340 e.